The summed E-state index contributed by atoms with van der Waals surface area (Å²) in [5, 5.41) is 26.1. The number of unbranched alkanes of at least 4 members (excludes halogenated alkanes) is 3. The molecule has 7 N–H and O–H groups in total. The van der Waals surface area contributed by atoms with Crippen molar-refractivity contribution in [1.29, 1.82) is 0 Å². The van der Waals surface area contributed by atoms with Crippen LogP contribution < -0.4 is 31.9 Å². The van der Waals surface area contributed by atoms with Gasteiger partial charge < -0.3 is 122 Å². The van der Waals surface area contributed by atoms with Gasteiger partial charge in [0.05, 0.1) is 39.6 Å². The van der Waals surface area contributed by atoms with Gasteiger partial charge in [-0.3, -0.25) is 81.5 Å². The van der Waals surface area contributed by atoms with E-state index >= 15 is 0 Å². The Hall–Kier alpha value is -9.17. The number of ether oxygens (including phenoxy) is 18. The SMILES string of the molecule is CC(=O)OC[C@H]1O[C@@H](OCCCCC(=O)NCCCNC(=O)CCOCC(COCCC(=O)NCCCNC(=O)CCCCO[C@@H]2O[C@H](COC(C)=O)C(OC(C)=O)[C@H](OC(C)=O)[C@H]2C)(COCCC(=O)NCCCNC(=O)CCCCO[C@@H]2O[C@H](COC(C)=O)C(OC(C)=O)[C@H](OC(C)=O)[C@H]2C)CC(=O)CCCC(=O)O)[C@H](C)[C@@H](OC(C)=O)C1OC(C)=O. The summed E-state index contributed by atoms with van der Waals surface area (Å²) in [5.41, 5.74) is -1.29. The molecule has 42 heteroatoms. The van der Waals surface area contributed by atoms with Gasteiger partial charge in [-0.2, -0.15) is 0 Å². The van der Waals surface area contributed by atoms with E-state index in [-0.39, 0.29) is 206 Å². The maximum Gasteiger partial charge on any atom is 0.303 e. The molecule has 0 saturated carbocycles. The minimum Gasteiger partial charge on any atom is -0.481 e. The molecule has 3 rings (SSSR count). The fourth-order valence-corrected chi connectivity index (χ4v) is 13.3. The van der Waals surface area contributed by atoms with Crippen molar-refractivity contribution >= 4 is 101 Å². The van der Waals surface area contributed by atoms with Crippen molar-refractivity contribution in [3.05, 3.63) is 0 Å². The Bertz CT molecular complexity index is 3070. The van der Waals surface area contributed by atoms with Crippen molar-refractivity contribution in [2.45, 2.75) is 279 Å². The normalized spacial score (nSPS) is 22.6. The van der Waals surface area contributed by atoms with Gasteiger partial charge >= 0.3 is 59.7 Å². The molecule has 0 bridgehead atoms. The zero-order chi connectivity index (χ0) is 92.1. The lowest BCUT2D eigenvalue weighted by molar-refractivity contribution is -0.288. The van der Waals surface area contributed by atoms with Crippen molar-refractivity contribution < 1.29 is 172 Å². The van der Waals surface area contributed by atoms with Crippen LogP contribution in [0.3, 0.4) is 0 Å². The number of aliphatic carboxylic acids is 1. The third kappa shape index (κ3) is 47.2. The Labute approximate surface area is 722 Å². The van der Waals surface area contributed by atoms with Crippen LogP contribution >= 0.6 is 0 Å². The van der Waals surface area contributed by atoms with Gasteiger partial charge in [-0.25, -0.2) is 0 Å². The molecular formula is C82H132N6O36. The Balaban J connectivity index is 1.55. The van der Waals surface area contributed by atoms with E-state index in [0.29, 0.717) is 57.8 Å². The van der Waals surface area contributed by atoms with Crippen LogP contribution in [-0.2, 0) is 167 Å². The maximum atomic E-state index is 13.7. The van der Waals surface area contributed by atoms with E-state index in [1.165, 1.54) is 62.3 Å². The molecule has 0 aromatic rings. The van der Waals surface area contributed by atoms with Crippen molar-refractivity contribution in [3.8, 4) is 0 Å². The van der Waals surface area contributed by atoms with Crippen LogP contribution in [0.2, 0.25) is 0 Å². The minimum absolute atomic E-state index is 0.0201. The molecular weight excluding hydrogens is 1640 g/mol. The summed E-state index contributed by atoms with van der Waals surface area (Å²) in [7, 11) is 0. The monoisotopic (exact) mass is 1780 g/mol. The first-order valence-electron chi connectivity index (χ1n) is 42.2. The molecule has 706 valence electrons. The first-order chi connectivity index (χ1) is 58.9. The van der Waals surface area contributed by atoms with Gasteiger partial charge in [-0.15, -0.1) is 0 Å². The summed E-state index contributed by atoms with van der Waals surface area (Å²) in [6.07, 6.45) is -9.08. The molecule has 3 fully saturated rings. The van der Waals surface area contributed by atoms with Crippen LogP contribution in [0.4, 0.5) is 0 Å². The number of carboxylic acid groups (broad SMARTS) is 1. The Morgan fingerprint density at radius 1 is 0.290 bits per heavy atom. The van der Waals surface area contributed by atoms with Gasteiger partial charge in [-0.05, 0) is 64.2 Å². The first kappa shape index (κ1) is 109. The van der Waals surface area contributed by atoms with E-state index in [9.17, 15) is 86.6 Å². The molecule has 42 nitrogen and oxygen atoms in total. The Kier molecular flexibility index (Phi) is 53.8. The predicted octanol–water partition coefficient (Wildman–Crippen LogP) is 2.20. The number of esters is 9. The predicted molar refractivity (Wildman–Crippen MR) is 428 cm³/mol. The van der Waals surface area contributed by atoms with E-state index < -0.39 is 174 Å². The summed E-state index contributed by atoms with van der Waals surface area (Å²) >= 11 is 0. The van der Waals surface area contributed by atoms with Crippen molar-refractivity contribution in [3.63, 3.8) is 0 Å². The zero-order valence-electron chi connectivity index (χ0n) is 73.6. The Morgan fingerprint density at radius 3 is 0.782 bits per heavy atom. The minimum atomic E-state index is -1.29. The quantitative estimate of drug-likeness (QED) is 0.0261. The van der Waals surface area contributed by atoms with Crippen molar-refractivity contribution in [2.24, 2.45) is 23.2 Å². The largest absolute Gasteiger partial charge is 0.481 e. The number of rotatable bonds is 63. The van der Waals surface area contributed by atoms with E-state index in [0.717, 1.165) is 0 Å². The number of carboxylic acids is 1. The number of hydrogen-bond acceptors (Lipinski definition) is 35. The van der Waals surface area contributed by atoms with E-state index in [2.05, 4.69) is 31.9 Å². The smallest absolute Gasteiger partial charge is 0.303 e. The van der Waals surface area contributed by atoms with Gasteiger partial charge in [0.1, 0.15) is 62.2 Å². The van der Waals surface area contributed by atoms with Crippen LogP contribution in [0, 0.1) is 23.2 Å². The molecule has 3 aliphatic heterocycles. The zero-order valence-corrected chi connectivity index (χ0v) is 73.6. The van der Waals surface area contributed by atoms with Crippen LogP contribution in [0.1, 0.15) is 205 Å². The third-order valence-electron chi connectivity index (χ3n) is 19.3. The standard InChI is InChI=1S/C82H132N6O36/c1-50-73(116-56(7)92)76(119-59(10)95)63(44-113-53(4)89)122-79(50)110-37-16-13-24-66(99)83-31-20-34-86-69(102)28-40-107-47-82(43-62(98)23-19-27-72(105)106,48-108-41-29-70(103)87-35-21-32-84-67(100)25-14-17-38-111-80-51(2)74(117-57(8)93)77(120-60(11)96)64(123-80)45-114-54(5)90)49-109-42-30-71(104)88-36-22-33-85-68(101)26-15-18-39-112-81-52(3)75(118-58(9)94)78(121-61(12)97)65(124-81)46-115-55(6)91/h50-52,63-65,73-81H,13-49H2,1-12H3,(H,83,99)(H,84,100)(H,85,101)(H,86,102)(H,87,103)(H,88,104)(H,105,106)/t50-,51-,52-,63-,64-,65-,73-,74-,75-,76?,77?,78?,79-,80-,81-,82?/m1/s1. The molecule has 3 unspecified atom stereocenters. The van der Waals surface area contributed by atoms with Crippen LogP contribution in [-0.4, -0.2) is 298 Å². The molecule has 0 radical (unpaired) electrons. The highest BCUT2D eigenvalue weighted by atomic mass is 16.7. The fourth-order valence-electron chi connectivity index (χ4n) is 13.3. The first-order valence-corrected chi connectivity index (χ1v) is 42.2. The second-order valence-corrected chi connectivity index (χ2v) is 30.6. The van der Waals surface area contributed by atoms with Crippen molar-refractivity contribution in [1.82, 2.24) is 31.9 Å². The topological polar surface area (TPSA) is 549 Å². The highest BCUT2D eigenvalue weighted by molar-refractivity contribution is 5.81. The van der Waals surface area contributed by atoms with Gasteiger partial charge in [0, 0.05) is 202 Å². The van der Waals surface area contributed by atoms with Gasteiger partial charge in [0.25, 0.3) is 0 Å². The van der Waals surface area contributed by atoms with Crippen LogP contribution in [0.5, 0.6) is 0 Å². The van der Waals surface area contributed by atoms with Crippen LogP contribution in [0.15, 0.2) is 0 Å². The van der Waals surface area contributed by atoms with Gasteiger partial charge in [-0.1, -0.05) is 20.8 Å². The van der Waals surface area contributed by atoms with Crippen LogP contribution in [0.25, 0.3) is 0 Å². The van der Waals surface area contributed by atoms with E-state index in [4.69, 9.17) is 85.3 Å². The van der Waals surface area contributed by atoms with Gasteiger partial charge in [0.15, 0.2) is 37.2 Å². The molecule has 15 atom stereocenters. The molecule has 3 aliphatic rings. The number of Topliss-reactive ketones (excluding diaryl/α,β-unsaturated/α-hetero) is 1. The Morgan fingerprint density at radius 2 is 0.540 bits per heavy atom. The second-order valence-electron chi connectivity index (χ2n) is 30.6. The second kappa shape index (κ2) is 61.2. The molecule has 0 aromatic carbocycles. The average molecular weight is 1780 g/mol. The molecule has 0 aliphatic carbocycles. The fraction of sp³-hybridized carbons (Fsp3) is 0.793. The van der Waals surface area contributed by atoms with E-state index in [1.54, 1.807) is 20.8 Å². The summed E-state index contributed by atoms with van der Waals surface area (Å²) in [4.78, 5) is 210. The highest BCUT2D eigenvalue weighted by Gasteiger charge is 2.52. The summed E-state index contributed by atoms with van der Waals surface area (Å²) in [6.45, 7) is 15.4. The summed E-state index contributed by atoms with van der Waals surface area (Å²) < 4.78 is 102. The lowest BCUT2D eigenvalue weighted by Gasteiger charge is -2.43. The highest BCUT2D eigenvalue weighted by Crippen LogP contribution is 2.36. The summed E-state index contributed by atoms with van der Waals surface area (Å²) in [5.74, 6) is -11.0. The molecule has 0 aromatic heterocycles. The molecule has 124 heavy (non-hydrogen) atoms. The number of amides is 6. The lowest BCUT2D eigenvalue weighted by Crippen LogP contribution is -2.58. The maximum absolute atomic E-state index is 13.7. The number of carbonyl (C=O) groups excluding carboxylic acids is 16. The number of carbonyl (C=O) groups is 17. The van der Waals surface area contributed by atoms with E-state index in [1.807, 2.05) is 0 Å². The molecule has 0 spiro atoms. The molecule has 3 heterocycles. The third-order valence-corrected chi connectivity index (χ3v) is 19.3. The lowest BCUT2D eigenvalue weighted by atomic mass is 9.84. The number of nitrogens with one attached hydrogen (secondary N) is 6. The number of hydrogen-bond donors (Lipinski definition) is 7. The molecule has 6 amide bonds. The molecule has 3 saturated heterocycles. The average Bonchev–Trinajstić information content (AvgIpc) is 0.803. The number of ketones is 1. The van der Waals surface area contributed by atoms with Gasteiger partial charge in [0.2, 0.25) is 35.4 Å². The van der Waals surface area contributed by atoms with Crippen molar-refractivity contribution in [2.75, 3.05) is 119 Å². The summed E-state index contributed by atoms with van der Waals surface area (Å²) in [6, 6.07) is 0.